The van der Waals surface area contributed by atoms with E-state index in [0.717, 1.165) is 11.1 Å². The normalized spacial score (nSPS) is 14.0. The van der Waals surface area contributed by atoms with Gasteiger partial charge in [0.05, 0.1) is 0 Å². The summed E-state index contributed by atoms with van der Waals surface area (Å²) in [5, 5.41) is 18.3. The summed E-state index contributed by atoms with van der Waals surface area (Å²) in [5.41, 5.74) is 4.65. The number of hydrogen-bond donors (Lipinski definition) is 2. The molecular formula is C18H22O2. The van der Waals surface area contributed by atoms with E-state index in [0.29, 0.717) is 0 Å². The van der Waals surface area contributed by atoms with E-state index in [-0.39, 0.29) is 25.0 Å². The van der Waals surface area contributed by atoms with Crippen LogP contribution in [-0.2, 0) is 0 Å². The molecule has 2 aromatic carbocycles. The van der Waals surface area contributed by atoms with Gasteiger partial charge in [-0.3, -0.25) is 0 Å². The molecule has 106 valence electrons. The van der Waals surface area contributed by atoms with Gasteiger partial charge < -0.3 is 10.2 Å². The second-order valence-electron chi connectivity index (χ2n) is 5.41. The highest BCUT2D eigenvalue weighted by molar-refractivity contribution is 5.64. The van der Waals surface area contributed by atoms with Gasteiger partial charge in [0.1, 0.15) is 0 Å². The minimum absolute atomic E-state index is 0.174. The Kier molecular flexibility index (Phi) is 4.94. The van der Waals surface area contributed by atoms with E-state index in [1.807, 2.05) is 13.8 Å². The zero-order chi connectivity index (χ0) is 14.5. The van der Waals surface area contributed by atoms with Crippen molar-refractivity contribution in [2.45, 2.75) is 25.7 Å². The summed E-state index contributed by atoms with van der Waals surface area (Å²) in [6.45, 7) is 4.38. The SMILES string of the molecule is CC(CO)c1ccc(-c2ccc(C(C)CO)cc2)cc1. The molecule has 20 heavy (non-hydrogen) atoms. The van der Waals surface area contributed by atoms with Crippen molar-refractivity contribution in [1.29, 1.82) is 0 Å². The van der Waals surface area contributed by atoms with Crippen LogP contribution in [0.15, 0.2) is 48.5 Å². The lowest BCUT2D eigenvalue weighted by Crippen LogP contribution is -1.99. The second kappa shape index (κ2) is 6.69. The second-order valence-corrected chi connectivity index (χ2v) is 5.41. The number of benzene rings is 2. The largest absolute Gasteiger partial charge is 0.396 e. The topological polar surface area (TPSA) is 40.5 Å². The van der Waals surface area contributed by atoms with E-state index in [1.165, 1.54) is 11.1 Å². The number of hydrogen-bond acceptors (Lipinski definition) is 2. The van der Waals surface area contributed by atoms with E-state index in [9.17, 15) is 0 Å². The molecule has 2 atom stereocenters. The Morgan fingerprint density at radius 2 is 0.950 bits per heavy atom. The molecular weight excluding hydrogens is 248 g/mol. The van der Waals surface area contributed by atoms with Gasteiger partial charge in [0, 0.05) is 25.0 Å². The van der Waals surface area contributed by atoms with E-state index < -0.39 is 0 Å². The fraction of sp³-hybridized carbons (Fsp3) is 0.333. The van der Waals surface area contributed by atoms with Gasteiger partial charge in [-0.15, -0.1) is 0 Å². The molecule has 2 rings (SSSR count). The Bertz CT molecular complexity index is 477. The van der Waals surface area contributed by atoms with Crippen LogP contribution in [0.25, 0.3) is 11.1 Å². The first kappa shape index (κ1) is 14.8. The first-order valence-electron chi connectivity index (χ1n) is 7.07. The first-order valence-corrected chi connectivity index (χ1v) is 7.07. The summed E-state index contributed by atoms with van der Waals surface area (Å²) in [7, 11) is 0. The summed E-state index contributed by atoms with van der Waals surface area (Å²) in [6.07, 6.45) is 0. The maximum atomic E-state index is 9.16. The van der Waals surface area contributed by atoms with Crippen LogP contribution in [0.1, 0.15) is 36.8 Å². The predicted molar refractivity (Wildman–Crippen MR) is 82.9 cm³/mol. The fourth-order valence-corrected chi connectivity index (χ4v) is 2.22. The van der Waals surface area contributed by atoms with Gasteiger partial charge in [0.2, 0.25) is 0 Å². The third-order valence-electron chi connectivity index (χ3n) is 3.84. The molecule has 2 N–H and O–H groups in total. The molecule has 0 spiro atoms. The summed E-state index contributed by atoms with van der Waals surface area (Å²) < 4.78 is 0. The lowest BCUT2D eigenvalue weighted by atomic mass is 9.96. The zero-order valence-corrected chi connectivity index (χ0v) is 12.1. The minimum Gasteiger partial charge on any atom is -0.396 e. The van der Waals surface area contributed by atoms with Crippen LogP contribution in [-0.4, -0.2) is 23.4 Å². The lowest BCUT2D eigenvalue weighted by Gasteiger charge is -2.11. The standard InChI is InChI=1S/C18H22O2/c1-13(11-19)15-3-7-17(8-4-15)18-9-5-16(6-10-18)14(2)12-20/h3-10,13-14,19-20H,11-12H2,1-2H3. The highest BCUT2D eigenvalue weighted by Crippen LogP contribution is 2.24. The number of aliphatic hydroxyl groups excluding tert-OH is 2. The molecule has 0 saturated heterocycles. The van der Waals surface area contributed by atoms with Crippen molar-refractivity contribution in [3.63, 3.8) is 0 Å². The Morgan fingerprint density at radius 3 is 1.20 bits per heavy atom. The quantitative estimate of drug-likeness (QED) is 0.872. The molecule has 0 aliphatic rings. The van der Waals surface area contributed by atoms with Crippen molar-refractivity contribution >= 4 is 0 Å². The van der Waals surface area contributed by atoms with Gasteiger partial charge in [-0.25, -0.2) is 0 Å². The van der Waals surface area contributed by atoms with Crippen LogP contribution in [0.4, 0.5) is 0 Å². The minimum atomic E-state index is 0.174. The predicted octanol–water partition coefficient (Wildman–Crippen LogP) is 3.55. The van der Waals surface area contributed by atoms with Crippen LogP contribution in [0.3, 0.4) is 0 Å². The van der Waals surface area contributed by atoms with Crippen LogP contribution >= 0.6 is 0 Å². The smallest absolute Gasteiger partial charge is 0.0497 e. The average Bonchev–Trinajstić information content (AvgIpc) is 2.53. The van der Waals surface area contributed by atoms with Crippen molar-refractivity contribution in [3.05, 3.63) is 59.7 Å². The highest BCUT2D eigenvalue weighted by atomic mass is 16.3. The zero-order valence-electron chi connectivity index (χ0n) is 12.1. The van der Waals surface area contributed by atoms with Crippen molar-refractivity contribution in [3.8, 4) is 11.1 Å². The van der Waals surface area contributed by atoms with Crippen molar-refractivity contribution in [2.75, 3.05) is 13.2 Å². The van der Waals surface area contributed by atoms with Crippen LogP contribution in [0, 0.1) is 0 Å². The van der Waals surface area contributed by atoms with Gasteiger partial charge >= 0.3 is 0 Å². The molecule has 0 aromatic heterocycles. The lowest BCUT2D eigenvalue weighted by molar-refractivity contribution is 0.273. The van der Waals surface area contributed by atoms with Gasteiger partial charge in [-0.05, 0) is 22.3 Å². The third-order valence-corrected chi connectivity index (χ3v) is 3.84. The molecule has 0 aliphatic carbocycles. The third kappa shape index (κ3) is 3.27. The molecule has 0 amide bonds. The van der Waals surface area contributed by atoms with Crippen molar-refractivity contribution < 1.29 is 10.2 Å². The van der Waals surface area contributed by atoms with Crippen LogP contribution in [0.5, 0.6) is 0 Å². The van der Waals surface area contributed by atoms with E-state index in [2.05, 4.69) is 48.5 Å². The molecule has 2 unspecified atom stereocenters. The summed E-state index contributed by atoms with van der Waals surface area (Å²) in [5.74, 6) is 0.355. The Balaban J connectivity index is 2.19. The molecule has 0 radical (unpaired) electrons. The summed E-state index contributed by atoms with van der Waals surface area (Å²) >= 11 is 0. The first-order chi connectivity index (χ1) is 9.65. The molecule has 0 heterocycles. The molecule has 0 fully saturated rings. The van der Waals surface area contributed by atoms with Gasteiger partial charge in [0.25, 0.3) is 0 Å². The number of aliphatic hydroxyl groups is 2. The van der Waals surface area contributed by atoms with Gasteiger partial charge in [-0.1, -0.05) is 62.4 Å². The van der Waals surface area contributed by atoms with Gasteiger partial charge in [-0.2, -0.15) is 0 Å². The Labute approximate surface area is 120 Å². The maximum Gasteiger partial charge on any atom is 0.0497 e. The molecule has 2 aromatic rings. The van der Waals surface area contributed by atoms with E-state index in [1.54, 1.807) is 0 Å². The summed E-state index contributed by atoms with van der Waals surface area (Å²) in [4.78, 5) is 0. The monoisotopic (exact) mass is 270 g/mol. The summed E-state index contributed by atoms with van der Waals surface area (Å²) in [6, 6.07) is 16.6. The Morgan fingerprint density at radius 1 is 0.650 bits per heavy atom. The van der Waals surface area contributed by atoms with Crippen molar-refractivity contribution in [1.82, 2.24) is 0 Å². The van der Waals surface area contributed by atoms with E-state index >= 15 is 0 Å². The number of rotatable bonds is 5. The van der Waals surface area contributed by atoms with Crippen molar-refractivity contribution in [2.24, 2.45) is 0 Å². The van der Waals surface area contributed by atoms with Crippen LogP contribution in [0.2, 0.25) is 0 Å². The molecule has 0 bridgehead atoms. The van der Waals surface area contributed by atoms with E-state index in [4.69, 9.17) is 10.2 Å². The molecule has 2 nitrogen and oxygen atoms in total. The maximum absolute atomic E-state index is 9.16. The van der Waals surface area contributed by atoms with Crippen LogP contribution < -0.4 is 0 Å². The highest BCUT2D eigenvalue weighted by Gasteiger charge is 2.06. The average molecular weight is 270 g/mol. The van der Waals surface area contributed by atoms with Gasteiger partial charge in [0.15, 0.2) is 0 Å². The molecule has 0 saturated carbocycles. The fourth-order valence-electron chi connectivity index (χ4n) is 2.22. The molecule has 2 heteroatoms. The molecule has 0 aliphatic heterocycles. The Hall–Kier alpha value is -1.64.